The molecule has 2 aliphatic rings. The summed E-state index contributed by atoms with van der Waals surface area (Å²) in [6.07, 6.45) is 3.14. The van der Waals surface area contributed by atoms with E-state index in [2.05, 4.69) is 55.7 Å². The van der Waals surface area contributed by atoms with Gasteiger partial charge in [-0.05, 0) is 66.4 Å². The lowest BCUT2D eigenvalue weighted by molar-refractivity contribution is 0.138. The van der Waals surface area contributed by atoms with E-state index >= 15 is 0 Å². The van der Waals surface area contributed by atoms with E-state index in [1.807, 2.05) is 18.2 Å². The van der Waals surface area contributed by atoms with Crippen molar-refractivity contribution in [2.45, 2.75) is 31.8 Å². The van der Waals surface area contributed by atoms with Gasteiger partial charge in [-0.3, -0.25) is 9.69 Å². The predicted octanol–water partition coefficient (Wildman–Crippen LogP) is 2.93. The molecule has 1 saturated heterocycles. The second-order valence-electron chi connectivity index (χ2n) is 9.67. The van der Waals surface area contributed by atoms with E-state index in [0.717, 1.165) is 37.7 Å². The normalized spacial score (nSPS) is 16.9. The number of tetrazole rings is 1. The molecule has 37 heavy (non-hydrogen) atoms. The minimum absolute atomic E-state index is 0.163. The number of aromatic nitrogens is 5. The zero-order valence-corrected chi connectivity index (χ0v) is 20.8. The molecule has 0 amide bonds. The molecule has 2 aromatic heterocycles. The van der Waals surface area contributed by atoms with Crippen molar-refractivity contribution >= 4 is 10.9 Å². The number of piperidine rings is 1. The predicted molar refractivity (Wildman–Crippen MR) is 137 cm³/mol. The molecule has 2 aromatic carbocycles. The van der Waals surface area contributed by atoms with Crippen LogP contribution in [0.25, 0.3) is 10.9 Å². The molecule has 0 radical (unpaired) electrons. The van der Waals surface area contributed by atoms with Crippen LogP contribution >= 0.6 is 0 Å². The fourth-order valence-corrected chi connectivity index (χ4v) is 5.42. The van der Waals surface area contributed by atoms with Gasteiger partial charge in [-0.2, -0.15) is 0 Å². The van der Waals surface area contributed by atoms with Crippen LogP contribution in [0, 0.1) is 5.92 Å². The van der Waals surface area contributed by atoms with Gasteiger partial charge in [0, 0.05) is 24.1 Å². The van der Waals surface area contributed by atoms with Crippen molar-refractivity contribution in [3.8, 4) is 11.5 Å². The first-order valence-corrected chi connectivity index (χ1v) is 12.7. The van der Waals surface area contributed by atoms with Crippen LogP contribution in [0.5, 0.6) is 11.5 Å². The molecule has 2 aliphatic heterocycles. The molecular weight excluding hydrogens is 472 g/mol. The van der Waals surface area contributed by atoms with Crippen molar-refractivity contribution in [1.29, 1.82) is 0 Å². The fourth-order valence-electron chi connectivity index (χ4n) is 5.42. The molecule has 0 saturated carbocycles. The van der Waals surface area contributed by atoms with Gasteiger partial charge >= 0.3 is 0 Å². The Bertz CT molecular complexity index is 1430. The highest BCUT2D eigenvalue weighted by Gasteiger charge is 2.33. The van der Waals surface area contributed by atoms with Gasteiger partial charge in [-0.25, -0.2) is 4.68 Å². The van der Waals surface area contributed by atoms with Gasteiger partial charge in [0.25, 0.3) is 5.56 Å². The third kappa shape index (κ3) is 4.82. The van der Waals surface area contributed by atoms with Crippen LogP contribution in [0.3, 0.4) is 0 Å². The quantitative estimate of drug-likeness (QED) is 0.392. The lowest BCUT2D eigenvalue weighted by Crippen LogP contribution is -2.41. The number of ether oxygens (including phenoxy) is 3. The van der Waals surface area contributed by atoms with E-state index in [-0.39, 0.29) is 18.4 Å². The van der Waals surface area contributed by atoms with Crippen molar-refractivity contribution in [2.24, 2.45) is 5.92 Å². The molecule has 10 heteroatoms. The molecule has 0 unspecified atom stereocenters. The Kier molecular flexibility index (Phi) is 6.58. The molecule has 10 nitrogen and oxygen atoms in total. The highest BCUT2D eigenvalue weighted by molar-refractivity contribution is 5.83. The lowest BCUT2D eigenvalue weighted by atomic mass is 9.89. The van der Waals surface area contributed by atoms with E-state index in [4.69, 9.17) is 14.2 Å². The topological polar surface area (TPSA) is 107 Å². The Morgan fingerprint density at radius 2 is 1.89 bits per heavy atom. The average molecular weight is 503 g/mol. The van der Waals surface area contributed by atoms with Gasteiger partial charge < -0.3 is 19.2 Å². The van der Waals surface area contributed by atoms with Crippen LogP contribution < -0.4 is 15.0 Å². The number of hydrogen-bond donors (Lipinski definition) is 1. The van der Waals surface area contributed by atoms with Crippen molar-refractivity contribution in [1.82, 2.24) is 30.1 Å². The Morgan fingerprint density at radius 3 is 2.68 bits per heavy atom. The van der Waals surface area contributed by atoms with E-state index in [1.165, 1.54) is 5.56 Å². The zero-order chi connectivity index (χ0) is 25.2. The van der Waals surface area contributed by atoms with Crippen molar-refractivity contribution in [3.05, 3.63) is 75.8 Å². The van der Waals surface area contributed by atoms with E-state index in [0.29, 0.717) is 47.5 Å². The summed E-state index contributed by atoms with van der Waals surface area (Å²) >= 11 is 0. The maximum absolute atomic E-state index is 13.5. The Morgan fingerprint density at radius 1 is 1.11 bits per heavy atom. The van der Waals surface area contributed by atoms with Crippen LogP contribution in [0.15, 0.2) is 53.3 Å². The highest BCUT2D eigenvalue weighted by atomic mass is 16.7. The first kappa shape index (κ1) is 23.6. The number of hydrogen-bond acceptors (Lipinski definition) is 8. The van der Waals surface area contributed by atoms with Crippen molar-refractivity contribution in [2.75, 3.05) is 33.6 Å². The fraction of sp³-hybridized carbons (Fsp3) is 0.407. The smallest absolute Gasteiger partial charge is 0.253 e. The first-order chi connectivity index (χ1) is 18.2. The summed E-state index contributed by atoms with van der Waals surface area (Å²) < 4.78 is 18.1. The van der Waals surface area contributed by atoms with Crippen molar-refractivity contribution in [3.63, 3.8) is 0 Å². The van der Waals surface area contributed by atoms with E-state index in [9.17, 15) is 4.79 Å². The van der Waals surface area contributed by atoms with Gasteiger partial charge in [0.2, 0.25) is 6.79 Å². The molecule has 6 rings (SSSR count). The Hall–Kier alpha value is -3.76. The monoisotopic (exact) mass is 502 g/mol. The van der Waals surface area contributed by atoms with E-state index in [1.54, 1.807) is 11.8 Å². The Labute approximate surface area is 214 Å². The van der Waals surface area contributed by atoms with Crippen LogP contribution in [0.1, 0.15) is 35.8 Å². The highest BCUT2D eigenvalue weighted by Crippen LogP contribution is 2.37. The molecule has 1 fully saturated rings. The molecule has 4 heterocycles. The maximum atomic E-state index is 13.5. The maximum Gasteiger partial charge on any atom is 0.253 e. The van der Waals surface area contributed by atoms with Crippen LogP contribution in [0.2, 0.25) is 0 Å². The first-order valence-electron chi connectivity index (χ1n) is 12.7. The summed E-state index contributed by atoms with van der Waals surface area (Å²) in [6, 6.07) is 15.9. The minimum atomic E-state index is -0.386. The molecule has 0 spiro atoms. The van der Waals surface area contributed by atoms with Crippen LogP contribution in [-0.2, 0) is 17.7 Å². The molecule has 1 N–H and O–H groups in total. The summed E-state index contributed by atoms with van der Waals surface area (Å²) in [5, 5.41) is 13.4. The number of methoxy groups -OCH3 is 1. The SMILES string of the molecule is COCCn1nnnc1[C@H](c1cc2cc3c(cc2[nH]c1=O)OCO3)N1CCC(Cc2ccccc2)CC1. The molecule has 0 aliphatic carbocycles. The van der Waals surface area contributed by atoms with E-state index < -0.39 is 0 Å². The van der Waals surface area contributed by atoms with Gasteiger partial charge in [-0.15, -0.1) is 5.10 Å². The van der Waals surface area contributed by atoms with Crippen LogP contribution in [-0.4, -0.2) is 63.7 Å². The number of likely N-dealkylation sites (tertiary alicyclic amines) is 1. The second kappa shape index (κ2) is 10.3. The molecule has 192 valence electrons. The minimum Gasteiger partial charge on any atom is -0.454 e. The second-order valence-corrected chi connectivity index (χ2v) is 9.67. The number of nitrogens with zero attached hydrogens (tertiary/aromatic N) is 5. The summed E-state index contributed by atoms with van der Waals surface area (Å²) in [7, 11) is 1.65. The summed E-state index contributed by atoms with van der Waals surface area (Å²) in [4.78, 5) is 18.9. The zero-order valence-electron chi connectivity index (χ0n) is 20.8. The van der Waals surface area contributed by atoms with Gasteiger partial charge in [0.05, 0.1) is 18.7 Å². The van der Waals surface area contributed by atoms with Crippen LogP contribution in [0.4, 0.5) is 0 Å². The molecule has 0 bridgehead atoms. The number of aromatic amines is 1. The lowest BCUT2D eigenvalue weighted by Gasteiger charge is -2.37. The van der Waals surface area contributed by atoms with Gasteiger partial charge in [-0.1, -0.05) is 30.3 Å². The summed E-state index contributed by atoms with van der Waals surface area (Å²) in [6.45, 7) is 2.85. The largest absolute Gasteiger partial charge is 0.454 e. The third-order valence-corrected chi connectivity index (χ3v) is 7.35. The number of pyridine rings is 1. The van der Waals surface area contributed by atoms with Crippen molar-refractivity contribution < 1.29 is 14.2 Å². The number of fused-ring (bicyclic) bond motifs is 2. The molecular formula is C27H30N6O4. The number of nitrogens with one attached hydrogen (secondary N) is 1. The number of rotatable bonds is 8. The van der Waals surface area contributed by atoms with Gasteiger partial charge in [0.15, 0.2) is 17.3 Å². The summed E-state index contributed by atoms with van der Waals surface area (Å²) in [5.41, 5.74) is 2.52. The molecule has 4 aromatic rings. The third-order valence-electron chi connectivity index (χ3n) is 7.35. The Balaban J connectivity index is 1.34. The standard InChI is InChI=1S/C27H30N6O4/c1-35-12-11-33-26(29-30-31-33)25(32-9-7-19(8-10-32)13-18-5-3-2-4-6-18)21-14-20-15-23-24(37-17-36-23)16-22(20)28-27(21)34/h2-6,14-16,19,25H,7-13,17H2,1H3,(H,28,34)/t25-/m0/s1. The summed E-state index contributed by atoms with van der Waals surface area (Å²) in [5.74, 6) is 2.55. The number of benzene rings is 2. The molecule has 1 atom stereocenters. The number of H-pyrrole nitrogens is 1. The van der Waals surface area contributed by atoms with Gasteiger partial charge in [0.1, 0.15) is 6.04 Å². The average Bonchev–Trinajstić information content (AvgIpc) is 3.57.